The Labute approximate surface area is 169 Å². The third-order valence-corrected chi connectivity index (χ3v) is 5.32. The summed E-state index contributed by atoms with van der Waals surface area (Å²) in [5.74, 6) is 0.497. The van der Waals surface area contributed by atoms with Gasteiger partial charge < -0.3 is 14.8 Å². The van der Waals surface area contributed by atoms with Crippen LogP contribution in [0.15, 0.2) is 48.7 Å². The maximum atomic E-state index is 12.9. The van der Waals surface area contributed by atoms with Crippen LogP contribution in [0.1, 0.15) is 48.5 Å². The molecule has 2 aromatic heterocycles. The second-order valence-electron chi connectivity index (χ2n) is 7.40. The van der Waals surface area contributed by atoms with Crippen molar-refractivity contribution in [2.75, 3.05) is 13.1 Å². The number of aromatic nitrogens is 3. The molecule has 0 radical (unpaired) electrons. The van der Waals surface area contributed by atoms with Crippen LogP contribution in [0, 0.1) is 0 Å². The lowest BCUT2D eigenvalue weighted by Crippen LogP contribution is -2.38. The molecule has 0 aliphatic carbocycles. The number of carbonyl (C=O) groups is 2. The van der Waals surface area contributed by atoms with E-state index in [1.807, 2.05) is 40.7 Å². The minimum atomic E-state index is -0.369. The Bertz CT molecular complexity index is 1010. The van der Waals surface area contributed by atoms with E-state index in [2.05, 4.69) is 10.3 Å². The van der Waals surface area contributed by atoms with Gasteiger partial charge in [0.1, 0.15) is 18.1 Å². The van der Waals surface area contributed by atoms with Crippen LogP contribution < -0.4 is 5.32 Å². The molecule has 3 aromatic rings. The molecule has 1 aliphatic rings. The Morgan fingerprint density at radius 2 is 1.83 bits per heavy atom. The summed E-state index contributed by atoms with van der Waals surface area (Å²) in [7, 11) is 0. The van der Waals surface area contributed by atoms with Gasteiger partial charge >= 0.3 is 0 Å². The largest absolute Gasteiger partial charge is 0.341 e. The number of benzene rings is 1. The molecule has 150 valence electrons. The molecule has 1 atom stereocenters. The minimum Gasteiger partial charge on any atom is -0.341 e. The quantitative estimate of drug-likeness (QED) is 0.725. The number of likely N-dealkylation sites (tertiary alicyclic amines) is 1. The number of pyridine rings is 1. The molecule has 7 nitrogen and oxygen atoms in total. The van der Waals surface area contributed by atoms with E-state index in [0.717, 1.165) is 37.0 Å². The van der Waals surface area contributed by atoms with Gasteiger partial charge in [-0.15, -0.1) is 0 Å². The second-order valence-corrected chi connectivity index (χ2v) is 7.40. The molecule has 3 heterocycles. The number of amides is 2. The number of rotatable bonds is 5. The van der Waals surface area contributed by atoms with Crippen LogP contribution in [0.5, 0.6) is 0 Å². The van der Waals surface area contributed by atoms with Gasteiger partial charge in [0.15, 0.2) is 0 Å². The minimum absolute atomic E-state index is 0.0948. The lowest BCUT2D eigenvalue weighted by atomic mass is 10.1. The predicted octanol–water partition coefficient (Wildman–Crippen LogP) is 2.93. The molecule has 4 rings (SSSR count). The molecule has 0 spiro atoms. The zero-order chi connectivity index (χ0) is 20.2. The van der Waals surface area contributed by atoms with Gasteiger partial charge in [-0.05, 0) is 50.5 Å². The molecule has 1 saturated heterocycles. The highest BCUT2D eigenvalue weighted by molar-refractivity contribution is 5.92. The van der Waals surface area contributed by atoms with Crippen LogP contribution in [0.2, 0.25) is 0 Å². The summed E-state index contributed by atoms with van der Waals surface area (Å²) in [6.45, 7) is 3.73. The molecule has 1 unspecified atom stereocenters. The van der Waals surface area contributed by atoms with Crippen molar-refractivity contribution in [1.82, 2.24) is 24.8 Å². The zero-order valence-corrected chi connectivity index (χ0v) is 16.5. The molecule has 2 amide bonds. The lowest BCUT2D eigenvalue weighted by Gasteiger charge is -2.27. The third kappa shape index (κ3) is 4.13. The van der Waals surface area contributed by atoms with Crippen molar-refractivity contribution < 1.29 is 9.59 Å². The number of hydrogen-bond acceptors (Lipinski definition) is 4. The van der Waals surface area contributed by atoms with Crippen molar-refractivity contribution >= 4 is 22.8 Å². The average molecular weight is 391 g/mol. The van der Waals surface area contributed by atoms with Gasteiger partial charge in [-0.3, -0.25) is 14.6 Å². The van der Waals surface area contributed by atoms with E-state index >= 15 is 0 Å². The van der Waals surface area contributed by atoms with Gasteiger partial charge in [-0.2, -0.15) is 0 Å². The van der Waals surface area contributed by atoms with E-state index in [0.29, 0.717) is 11.5 Å². The standard InChI is InChI=1S/C22H25N5O2/c1-16(24-22(29)18-10-5-6-12-23-18)21-25-17-9-3-4-11-19(17)27(21)15-20(28)26-13-7-2-8-14-26/h3-6,9-12,16H,2,7-8,13-15H2,1H3,(H,24,29). The molecule has 1 aromatic carbocycles. The van der Waals surface area contributed by atoms with Crippen LogP contribution in [0.25, 0.3) is 11.0 Å². The topological polar surface area (TPSA) is 80.1 Å². The summed E-state index contributed by atoms with van der Waals surface area (Å²) >= 11 is 0. The summed E-state index contributed by atoms with van der Waals surface area (Å²) in [5, 5.41) is 2.96. The van der Waals surface area contributed by atoms with Crippen molar-refractivity contribution in [2.24, 2.45) is 0 Å². The van der Waals surface area contributed by atoms with Crippen LogP contribution >= 0.6 is 0 Å². The van der Waals surface area contributed by atoms with Crippen molar-refractivity contribution in [1.29, 1.82) is 0 Å². The fraction of sp³-hybridized carbons (Fsp3) is 0.364. The van der Waals surface area contributed by atoms with Gasteiger partial charge in [0.05, 0.1) is 17.1 Å². The van der Waals surface area contributed by atoms with E-state index in [9.17, 15) is 9.59 Å². The van der Waals surface area contributed by atoms with Crippen LogP contribution in [0.4, 0.5) is 0 Å². The Morgan fingerprint density at radius 1 is 1.07 bits per heavy atom. The fourth-order valence-corrected chi connectivity index (χ4v) is 3.80. The highest BCUT2D eigenvalue weighted by Crippen LogP contribution is 2.22. The Balaban J connectivity index is 1.60. The number of piperidine rings is 1. The van der Waals surface area contributed by atoms with Crippen molar-refractivity contribution in [3.63, 3.8) is 0 Å². The van der Waals surface area contributed by atoms with Crippen LogP contribution in [0.3, 0.4) is 0 Å². The number of carbonyl (C=O) groups excluding carboxylic acids is 2. The molecule has 1 aliphatic heterocycles. The monoisotopic (exact) mass is 391 g/mol. The number of fused-ring (bicyclic) bond motifs is 1. The van der Waals surface area contributed by atoms with Gasteiger partial charge in [-0.1, -0.05) is 18.2 Å². The molecule has 7 heteroatoms. The summed E-state index contributed by atoms with van der Waals surface area (Å²) in [6.07, 6.45) is 4.88. The number of hydrogen-bond donors (Lipinski definition) is 1. The van der Waals surface area contributed by atoms with Gasteiger partial charge in [0, 0.05) is 19.3 Å². The summed E-state index contributed by atoms with van der Waals surface area (Å²) in [4.78, 5) is 36.2. The summed E-state index contributed by atoms with van der Waals surface area (Å²) in [6, 6.07) is 12.6. The number of para-hydroxylation sites is 2. The summed E-state index contributed by atoms with van der Waals surface area (Å²) in [5.41, 5.74) is 2.06. The maximum absolute atomic E-state index is 12.9. The average Bonchev–Trinajstić information content (AvgIpc) is 3.13. The number of nitrogens with one attached hydrogen (secondary N) is 1. The van der Waals surface area contributed by atoms with E-state index in [-0.39, 0.29) is 24.4 Å². The van der Waals surface area contributed by atoms with Gasteiger partial charge in [-0.25, -0.2) is 4.98 Å². The van der Waals surface area contributed by atoms with Crippen molar-refractivity contribution in [3.05, 3.63) is 60.2 Å². The smallest absolute Gasteiger partial charge is 0.270 e. The van der Waals surface area contributed by atoms with E-state index in [1.54, 1.807) is 24.4 Å². The lowest BCUT2D eigenvalue weighted by molar-refractivity contribution is -0.132. The maximum Gasteiger partial charge on any atom is 0.270 e. The van der Waals surface area contributed by atoms with Crippen molar-refractivity contribution in [3.8, 4) is 0 Å². The second kappa shape index (κ2) is 8.43. The first-order valence-corrected chi connectivity index (χ1v) is 10.1. The van der Waals surface area contributed by atoms with Crippen LogP contribution in [-0.4, -0.2) is 44.3 Å². The van der Waals surface area contributed by atoms with E-state index < -0.39 is 0 Å². The molecule has 1 N–H and O–H groups in total. The molecule has 0 saturated carbocycles. The fourth-order valence-electron chi connectivity index (χ4n) is 3.80. The van der Waals surface area contributed by atoms with Gasteiger partial charge in [0.25, 0.3) is 5.91 Å². The van der Waals surface area contributed by atoms with E-state index in [1.165, 1.54) is 6.42 Å². The first kappa shape index (κ1) is 19.1. The van der Waals surface area contributed by atoms with Crippen LogP contribution in [-0.2, 0) is 11.3 Å². The molecule has 1 fully saturated rings. The predicted molar refractivity (Wildman–Crippen MR) is 110 cm³/mol. The first-order valence-electron chi connectivity index (χ1n) is 10.1. The number of imidazole rings is 1. The zero-order valence-electron chi connectivity index (χ0n) is 16.5. The SMILES string of the molecule is CC(NC(=O)c1ccccn1)c1nc2ccccc2n1CC(=O)N1CCCCC1. The highest BCUT2D eigenvalue weighted by Gasteiger charge is 2.23. The Hall–Kier alpha value is -3.22. The highest BCUT2D eigenvalue weighted by atomic mass is 16.2. The Kier molecular flexibility index (Phi) is 5.55. The Morgan fingerprint density at radius 3 is 2.59 bits per heavy atom. The number of nitrogens with zero attached hydrogens (tertiary/aromatic N) is 4. The van der Waals surface area contributed by atoms with E-state index in [4.69, 9.17) is 4.98 Å². The molecular formula is C22H25N5O2. The summed E-state index contributed by atoms with van der Waals surface area (Å²) < 4.78 is 1.93. The molecule has 29 heavy (non-hydrogen) atoms. The molecule has 0 bridgehead atoms. The normalized spacial score (nSPS) is 15.3. The third-order valence-electron chi connectivity index (χ3n) is 5.32. The van der Waals surface area contributed by atoms with Gasteiger partial charge in [0.2, 0.25) is 5.91 Å². The van der Waals surface area contributed by atoms with Crippen molar-refractivity contribution in [2.45, 2.75) is 38.8 Å². The molecular weight excluding hydrogens is 366 g/mol. The first-order chi connectivity index (χ1) is 14.1.